The molecule has 2 aromatic carbocycles. The van der Waals surface area contributed by atoms with Crippen molar-refractivity contribution in [3.8, 4) is 5.75 Å². The van der Waals surface area contributed by atoms with Crippen LogP contribution < -0.4 is 0 Å². The number of aromatic hydroxyl groups is 1. The molecule has 82 valence electrons. The highest BCUT2D eigenvalue weighted by atomic mass is 35.5. The zero-order valence-electron chi connectivity index (χ0n) is 9.02. The molecule has 0 unspecified atom stereocenters. The van der Waals surface area contributed by atoms with Gasteiger partial charge in [-0.25, -0.2) is 0 Å². The van der Waals surface area contributed by atoms with Crippen molar-refractivity contribution >= 4 is 11.6 Å². The number of benzene rings is 2. The summed E-state index contributed by atoms with van der Waals surface area (Å²) >= 11 is 5.90. The van der Waals surface area contributed by atoms with Gasteiger partial charge in [-0.3, -0.25) is 0 Å². The molecule has 0 aromatic heterocycles. The third-order valence-electron chi connectivity index (χ3n) is 2.77. The van der Waals surface area contributed by atoms with E-state index in [0.29, 0.717) is 5.02 Å². The Morgan fingerprint density at radius 2 is 1.69 bits per heavy atom. The summed E-state index contributed by atoms with van der Waals surface area (Å²) in [6, 6.07) is 15.6. The van der Waals surface area contributed by atoms with Gasteiger partial charge in [0.15, 0.2) is 0 Å². The highest BCUT2D eigenvalue weighted by Crippen LogP contribution is 2.30. The van der Waals surface area contributed by atoms with Crippen LogP contribution in [0.2, 0.25) is 5.02 Å². The topological polar surface area (TPSA) is 20.2 Å². The SMILES string of the molecule is C[C@H](c1ccccc1)c1ccc(O)c(Cl)c1. The fourth-order valence-electron chi connectivity index (χ4n) is 1.73. The molecule has 0 aliphatic heterocycles. The highest BCUT2D eigenvalue weighted by molar-refractivity contribution is 6.32. The summed E-state index contributed by atoms with van der Waals surface area (Å²) in [5.74, 6) is 0.407. The van der Waals surface area contributed by atoms with E-state index in [-0.39, 0.29) is 11.7 Å². The Bertz CT molecular complexity index is 479. The predicted octanol–water partition coefficient (Wildman–Crippen LogP) is 4.20. The molecular formula is C14H13ClO. The maximum atomic E-state index is 9.36. The van der Waals surface area contributed by atoms with E-state index in [4.69, 9.17) is 11.6 Å². The summed E-state index contributed by atoms with van der Waals surface area (Å²) in [7, 11) is 0. The average molecular weight is 233 g/mol. The van der Waals surface area contributed by atoms with Gasteiger partial charge in [0.25, 0.3) is 0 Å². The van der Waals surface area contributed by atoms with Crippen molar-refractivity contribution < 1.29 is 5.11 Å². The molecule has 0 saturated carbocycles. The normalized spacial score (nSPS) is 12.4. The molecule has 0 spiro atoms. The van der Waals surface area contributed by atoms with E-state index in [9.17, 15) is 5.11 Å². The summed E-state index contributed by atoms with van der Waals surface area (Å²) in [6.07, 6.45) is 0. The number of hydrogen-bond donors (Lipinski definition) is 1. The lowest BCUT2D eigenvalue weighted by molar-refractivity contribution is 0.475. The second-order valence-electron chi connectivity index (χ2n) is 3.84. The highest BCUT2D eigenvalue weighted by Gasteiger charge is 2.09. The second-order valence-corrected chi connectivity index (χ2v) is 4.25. The van der Waals surface area contributed by atoms with Crippen LogP contribution in [-0.2, 0) is 0 Å². The van der Waals surface area contributed by atoms with Gasteiger partial charge in [0.2, 0.25) is 0 Å². The smallest absolute Gasteiger partial charge is 0.134 e. The second kappa shape index (κ2) is 4.58. The average Bonchev–Trinajstić information content (AvgIpc) is 2.33. The van der Waals surface area contributed by atoms with E-state index < -0.39 is 0 Å². The van der Waals surface area contributed by atoms with Gasteiger partial charge in [0.05, 0.1) is 5.02 Å². The molecule has 0 aliphatic rings. The van der Waals surface area contributed by atoms with E-state index in [2.05, 4.69) is 19.1 Å². The van der Waals surface area contributed by atoms with Crippen LogP contribution in [-0.4, -0.2) is 5.11 Å². The molecule has 0 bridgehead atoms. The van der Waals surface area contributed by atoms with Crippen LogP contribution in [0, 0.1) is 0 Å². The molecule has 0 radical (unpaired) electrons. The van der Waals surface area contributed by atoms with Crippen molar-refractivity contribution in [2.75, 3.05) is 0 Å². The number of hydrogen-bond acceptors (Lipinski definition) is 1. The Kier molecular flexibility index (Phi) is 3.16. The summed E-state index contributed by atoms with van der Waals surface area (Å²) in [5.41, 5.74) is 2.35. The molecule has 0 heterocycles. The van der Waals surface area contributed by atoms with Crippen molar-refractivity contribution in [3.05, 3.63) is 64.7 Å². The molecule has 2 heteroatoms. The van der Waals surface area contributed by atoms with Crippen LogP contribution in [0.15, 0.2) is 48.5 Å². The minimum absolute atomic E-state index is 0.130. The number of halogens is 1. The predicted molar refractivity (Wildman–Crippen MR) is 67.1 cm³/mol. The van der Waals surface area contributed by atoms with E-state index in [0.717, 1.165) is 5.56 Å². The molecule has 1 N–H and O–H groups in total. The molecule has 1 nitrogen and oxygen atoms in total. The van der Waals surface area contributed by atoms with Crippen LogP contribution >= 0.6 is 11.6 Å². The van der Waals surface area contributed by atoms with Crippen molar-refractivity contribution in [1.82, 2.24) is 0 Å². The largest absolute Gasteiger partial charge is 0.506 e. The summed E-state index contributed by atoms with van der Waals surface area (Å²) < 4.78 is 0. The van der Waals surface area contributed by atoms with E-state index in [1.54, 1.807) is 6.07 Å². The van der Waals surface area contributed by atoms with Crippen molar-refractivity contribution in [2.24, 2.45) is 0 Å². The Balaban J connectivity index is 2.34. The summed E-state index contributed by atoms with van der Waals surface area (Å²) in [5, 5.41) is 9.77. The Hall–Kier alpha value is -1.47. The molecule has 16 heavy (non-hydrogen) atoms. The van der Waals surface area contributed by atoms with Gasteiger partial charge in [-0.15, -0.1) is 0 Å². The number of phenolic OH excluding ortho intramolecular Hbond substituents is 1. The lowest BCUT2D eigenvalue weighted by Crippen LogP contribution is -1.95. The molecule has 2 aromatic rings. The lowest BCUT2D eigenvalue weighted by atomic mass is 9.93. The van der Waals surface area contributed by atoms with E-state index in [1.807, 2.05) is 30.3 Å². The first-order chi connectivity index (χ1) is 7.68. The van der Waals surface area contributed by atoms with Crippen LogP contribution in [0.25, 0.3) is 0 Å². The Morgan fingerprint density at radius 1 is 1.00 bits per heavy atom. The molecule has 0 fully saturated rings. The maximum Gasteiger partial charge on any atom is 0.134 e. The molecule has 0 amide bonds. The van der Waals surface area contributed by atoms with Crippen LogP contribution in [0.3, 0.4) is 0 Å². The number of rotatable bonds is 2. The third kappa shape index (κ3) is 2.20. The molecule has 1 atom stereocenters. The van der Waals surface area contributed by atoms with Gasteiger partial charge < -0.3 is 5.11 Å². The van der Waals surface area contributed by atoms with Crippen molar-refractivity contribution in [1.29, 1.82) is 0 Å². The van der Waals surface area contributed by atoms with E-state index in [1.165, 1.54) is 5.56 Å². The van der Waals surface area contributed by atoms with Gasteiger partial charge in [-0.2, -0.15) is 0 Å². The standard InChI is InChI=1S/C14H13ClO/c1-10(11-5-3-2-4-6-11)12-7-8-14(16)13(15)9-12/h2-10,16H,1H3/t10-/m1/s1. The Morgan fingerprint density at radius 3 is 2.31 bits per heavy atom. The summed E-state index contributed by atoms with van der Waals surface area (Å²) in [6.45, 7) is 2.12. The van der Waals surface area contributed by atoms with Crippen molar-refractivity contribution in [2.45, 2.75) is 12.8 Å². The van der Waals surface area contributed by atoms with Gasteiger partial charge >= 0.3 is 0 Å². The first kappa shape index (κ1) is 11.0. The van der Waals surface area contributed by atoms with Gasteiger partial charge in [0.1, 0.15) is 5.75 Å². The zero-order chi connectivity index (χ0) is 11.5. The van der Waals surface area contributed by atoms with Crippen molar-refractivity contribution in [3.63, 3.8) is 0 Å². The van der Waals surface area contributed by atoms with Gasteiger partial charge in [-0.05, 0) is 23.3 Å². The molecule has 0 aliphatic carbocycles. The van der Waals surface area contributed by atoms with Gasteiger partial charge in [0, 0.05) is 5.92 Å². The van der Waals surface area contributed by atoms with Gasteiger partial charge in [-0.1, -0.05) is 54.9 Å². The first-order valence-electron chi connectivity index (χ1n) is 5.22. The summed E-state index contributed by atoms with van der Waals surface area (Å²) in [4.78, 5) is 0. The minimum Gasteiger partial charge on any atom is -0.506 e. The van der Waals surface area contributed by atoms with E-state index >= 15 is 0 Å². The fraction of sp³-hybridized carbons (Fsp3) is 0.143. The quantitative estimate of drug-likeness (QED) is 0.823. The van der Waals surface area contributed by atoms with Crippen LogP contribution in [0.4, 0.5) is 0 Å². The minimum atomic E-state index is 0.130. The zero-order valence-corrected chi connectivity index (χ0v) is 9.78. The monoisotopic (exact) mass is 232 g/mol. The maximum absolute atomic E-state index is 9.36. The fourth-order valence-corrected chi connectivity index (χ4v) is 1.92. The molecule has 2 rings (SSSR count). The molecular weight excluding hydrogens is 220 g/mol. The first-order valence-corrected chi connectivity index (χ1v) is 5.59. The van der Waals surface area contributed by atoms with Crippen LogP contribution in [0.5, 0.6) is 5.75 Å². The number of phenols is 1. The lowest BCUT2D eigenvalue weighted by Gasteiger charge is -2.12. The Labute approximate surface area is 100 Å². The van der Waals surface area contributed by atoms with Crippen LogP contribution in [0.1, 0.15) is 24.0 Å². The molecule has 0 saturated heterocycles. The third-order valence-corrected chi connectivity index (χ3v) is 3.07.